The molecule has 0 fully saturated rings. The normalized spacial score (nSPS) is 9.45. The van der Waals surface area contributed by atoms with Gasteiger partial charge in [-0.05, 0) is 19.5 Å². The van der Waals surface area contributed by atoms with Gasteiger partial charge in [0, 0.05) is 6.42 Å². The molecule has 0 bridgehead atoms. The Morgan fingerprint density at radius 3 is 2.09 bits per heavy atom. The lowest BCUT2D eigenvalue weighted by Gasteiger charge is -2.13. The summed E-state index contributed by atoms with van der Waals surface area (Å²) in [5.74, 6) is 6.31. The molecule has 0 spiro atoms. The second kappa shape index (κ2) is 7.63. The predicted molar refractivity (Wildman–Crippen MR) is 50.5 cm³/mol. The molecule has 64 valence electrons. The van der Waals surface area contributed by atoms with Gasteiger partial charge in [-0.1, -0.05) is 26.7 Å². The molecule has 0 aromatic carbocycles. The van der Waals surface area contributed by atoms with Gasteiger partial charge in [0.05, 0.1) is 6.54 Å². The van der Waals surface area contributed by atoms with Crippen molar-refractivity contribution in [2.45, 2.75) is 33.6 Å². The largest absolute Gasteiger partial charge is 0.293 e. The maximum Gasteiger partial charge on any atom is 0.0601 e. The molecule has 0 unspecified atom stereocenters. The molecule has 0 aromatic rings. The van der Waals surface area contributed by atoms with Crippen LogP contribution in [0.3, 0.4) is 0 Å². The molecule has 0 rings (SSSR count). The van der Waals surface area contributed by atoms with Crippen molar-refractivity contribution < 1.29 is 0 Å². The third kappa shape index (κ3) is 5.94. The summed E-state index contributed by atoms with van der Waals surface area (Å²) in [6.45, 7) is 9.66. The zero-order chi connectivity index (χ0) is 8.53. The Morgan fingerprint density at radius 2 is 1.64 bits per heavy atom. The molecular formula is C10H19N. The molecule has 0 aliphatic carbocycles. The van der Waals surface area contributed by atoms with Crippen LogP contribution in [0.25, 0.3) is 0 Å². The molecular weight excluding hydrogens is 134 g/mol. The maximum absolute atomic E-state index is 3.16. The number of nitrogens with zero attached hydrogens (tertiary/aromatic N) is 1. The lowest BCUT2D eigenvalue weighted by molar-refractivity contribution is 0.342. The Morgan fingerprint density at radius 1 is 1.00 bits per heavy atom. The number of hydrogen-bond acceptors (Lipinski definition) is 1. The van der Waals surface area contributed by atoms with Crippen LogP contribution in [0.2, 0.25) is 0 Å². The van der Waals surface area contributed by atoms with Gasteiger partial charge in [0.25, 0.3) is 0 Å². The van der Waals surface area contributed by atoms with Gasteiger partial charge in [-0.15, -0.1) is 5.92 Å². The highest BCUT2D eigenvalue weighted by Crippen LogP contribution is 1.85. The Bertz CT molecular complexity index is 126. The molecule has 0 saturated heterocycles. The van der Waals surface area contributed by atoms with Gasteiger partial charge in [-0.2, -0.15) is 0 Å². The van der Waals surface area contributed by atoms with E-state index in [1.165, 1.54) is 6.42 Å². The fourth-order valence-electron chi connectivity index (χ4n) is 0.828. The molecule has 0 atom stereocenters. The Balaban J connectivity index is 3.43. The van der Waals surface area contributed by atoms with E-state index in [0.717, 1.165) is 26.1 Å². The van der Waals surface area contributed by atoms with Gasteiger partial charge in [0.15, 0.2) is 0 Å². The van der Waals surface area contributed by atoms with E-state index in [-0.39, 0.29) is 0 Å². The van der Waals surface area contributed by atoms with Crippen molar-refractivity contribution in [3.05, 3.63) is 0 Å². The number of hydrogen-bond donors (Lipinski definition) is 0. The molecule has 0 aliphatic rings. The van der Waals surface area contributed by atoms with Crippen molar-refractivity contribution in [3.8, 4) is 11.8 Å². The zero-order valence-corrected chi connectivity index (χ0v) is 7.98. The summed E-state index contributed by atoms with van der Waals surface area (Å²) in [6.07, 6.45) is 2.21. The third-order valence-electron chi connectivity index (χ3n) is 1.70. The first-order valence-corrected chi connectivity index (χ1v) is 4.53. The second-order valence-electron chi connectivity index (χ2n) is 2.56. The van der Waals surface area contributed by atoms with E-state index in [9.17, 15) is 0 Å². The fraction of sp³-hybridized carbons (Fsp3) is 0.800. The maximum atomic E-state index is 3.16. The minimum Gasteiger partial charge on any atom is -0.293 e. The van der Waals surface area contributed by atoms with Crippen molar-refractivity contribution in [3.63, 3.8) is 0 Å². The van der Waals surface area contributed by atoms with Crippen LogP contribution >= 0.6 is 0 Å². The summed E-state index contributed by atoms with van der Waals surface area (Å²) < 4.78 is 0. The second-order valence-corrected chi connectivity index (χ2v) is 2.56. The monoisotopic (exact) mass is 153 g/mol. The van der Waals surface area contributed by atoms with E-state index < -0.39 is 0 Å². The SMILES string of the molecule is CCCC#CCN(CC)CC. The number of unbranched alkanes of at least 4 members (excludes halogenated alkanes) is 1. The summed E-state index contributed by atoms with van der Waals surface area (Å²) in [4.78, 5) is 2.32. The van der Waals surface area contributed by atoms with Crippen molar-refractivity contribution in [2.24, 2.45) is 0 Å². The highest BCUT2D eigenvalue weighted by molar-refractivity contribution is 5.00. The molecule has 1 nitrogen and oxygen atoms in total. The molecule has 0 N–H and O–H groups in total. The van der Waals surface area contributed by atoms with E-state index >= 15 is 0 Å². The van der Waals surface area contributed by atoms with E-state index in [4.69, 9.17) is 0 Å². The average molecular weight is 153 g/mol. The molecule has 11 heavy (non-hydrogen) atoms. The quantitative estimate of drug-likeness (QED) is 0.559. The van der Waals surface area contributed by atoms with Crippen LogP contribution in [-0.2, 0) is 0 Å². The summed E-state index contributed by atoms with van der Waals surface area (Å²) in [6, 6.07) is 0. The third-order valence-corrected chi connectivity index (χ3v) is 1.70. The van der Waals surface area contributed by atoms with Gasteiger partial charge < -0.3 is 0 Å². The molecule has 0 heterocycles. The molecule has 0 aromatic heterocycles. The van der Waals surface area contributed by atoms with Crippen LogP contribution in [0.4, 0.5) is 0 Å². The van der Waals surface area contributed by atoms with Gasteiger partial charge in [0.2, 0.25) is 0 Å². The van der Waals surface area contributed by atoms with Crippen LogP contribution in [0, 0.1) is 11.8 Å². The Kier molecular flexibility index (Phi) is 7.29. The van der Waals surface area contributed by atoms with Crippen LogP contribution in [0.5, 0.6) is 0 Å². The molecule has 1 heteroatoms. The highest BCUT2D eigenvalue weighted by atomic mass is 15.1. The van der Waals surface area contributed by atoms with Crippen LogP contribution in [-0.4, -0.2) is 24.5 Å². The minimum atomic E-state index is 0.938. The molecule has 0 aliphatic heterocycles. The van der Waals surface area contributed by atoms with Crippen molar-refractivity contribution in [1.82, 2.24) is 4.90 Å². The van der Waals surface area contributed by atoms with Crippen LogP contribution in [0.15, 0.2) is 0 Å². The first kappa shape index (κ1) is 10.5. The fourth-order valence-corrected chi connectivity index (χ4v) is 0.828. The highest BCUT2D eigenvalue weighted by Gasteiger charge is 1.92. The first-order valence-electron chi connectivity index (χ1n) is 4.53. The summed E-state index contributed by atoms with van der Waals surface area (Å²) >= 11 is 0. The lowest BCUT2D eigenvalue weighted by atomic mass is 10.3. The van der Waals surface area contributed by atoms with Gasteiger partial charge in [-0.25, -0.2) is 0 Å². The average Bonchev–Trinajstić information content (AvgIpc) is 2.05. The predicted octanol–water partition coefficient (Wildman–Crippen LogP) is 2.13. The van der Waals surface area contributed by atoms with Crippen molar-refractivity contribution in [1.29, 1.82) is 0 Å². The zero-order valence-electron chi connectivity index (χ0n) is 7.98. The first-order chi connectivity index (χ1) is 5.35. The van der Waals surface area contributed by atoms with Crippen LogP contribution < -0.4 is 0 Å². The summed E-state index contributed by atoms with van der Waals surface area (Å²) in [5.41, 5.74) is 0. The van der Waals surface area contributed by atoms with E-state index in [1.54, 1.807) is 0 Å². The van der Waals surface area contributed by atoms with Crippen molar-refractivity contribution >= 4 is 0 Å². The number of rotatable bonds is 4. The van der Waals surface area contributed by atoms with Gasteiger partial charge in [0.1, 0.15) is 0 Å². The summed E-state index contributed by atoms with van der Waals surface area (Å²) in [7, 11) is 0. The topological polar surface area (TPSA) is 3.24 Å². The van der Waals surface area contributed by atoms with E-state index in [2.05, 4.69) is 37.5 Å². The van der Waals surface area contributed by atoms with E-state index in [1.807, 2.05) is 0 Å². The van der Waals surface area contributed by atoms with Gasteiger partial charge >= 0.3 is 0 Å². The molecule has 0 amide bonds. The Hall–Kier alpha value is -0.480. The lowest BCUT2D eigenvalue weighted by Crippen LogP contribution is -2.22. The molecule has 0 radical (unpaired) electrons. The molecule has 0 saturated carbocycles. The smallest absolute Gasteiger partial charge is 0.0601 e. The minimum absolute atomic E-state index is 0.938. The van der Waals surface area contributed by atoms with Crippen LogP contribution in [0.1, 0.15) is 33.6 Å². The standard InChI is InChI=1S/C10H19N/c1-4-7-8-9-10-11(5-2)6-3/h4-7,10H2,1-3H3. The van der Waals surface area contributed by atoms with Crippen molar-refractivity contribution in [2.75, 3.05) is 19.6 Å². The van der Waals surface area contributed by atoms with E-state index in [0.29, 0.717) is 0 Å². The summed E-state index contributed by atoms with van der Waals surface area (Å²) in [5, 5.41) is 0. The Labute approximate surface area is 70.8 Å². The van der Waals surface area contributed by atoms with Gasteiger partial charge in [-0.3, -0.25) is 4.90 Å².